The van der Waals surface area contributed by atoms with Crippen LogP contribution in [-0.2, 0) is 11.3 Å². The SMILES string of the molecule is CCCCOc1ccc(C(=O)NC(=Cc2ccco2)C(=O)NCc2ccccc2)cc1. The second kappa shape index (κ2) is 11.4. The number of rotatable bonds is 10. The molecule has 0 spiro atoms. The van der Waals surface area contributed by atoms with Crippen molar-refractivity contribution in [1.29, 1.82) is 0 Å². The Balaban J connectivity index is 1.68. The number of nitrogens with one attached hydrogen (secondary N) is 2. The minimum Gasteiger partial charge on any atom is -0.494 e. The zero-order chi connectivity index (χ0) is 21.9. The Labute approximate surface area is 181 Å². The van der Waals surface area contributed by atoms with Crippen LogP contribution >= 0.6 is 0 Å². The summed E-state index contributed by atoms with van der Waals surface area (Å²) >= 11 is 0. The van der Waals surface area contributed by atoms with Crippen molar-refractivity contribution in [2.45, 2.75) is 26.3 Å². The predicted molar refractivity (Wildman–Crippen MR) is 119 cm³/mol. The van der Waals surface area contributed by atoms with Gasteiger partial charge in [-0.2, -0.15) is 0 Å². The second-order valence-electron chi connectivity index (χ2n) is 6.92. The molecule has 1 aromatic heterocycles. The molecular formula is C25H26N2O4. The first kappa shape index (κ1) is 21.9. The van der Waals surface area contributed by atoms with Gasteiger partial charge in [-0.05, 0) is 48.4 Å². The molecule has 2 amide bonds. The first-order chi connectivity index (χ1) is 15.2. The predicted octanol–water partition coefficient (Wildman–Crippen LogP) is 4.55. The number of unbranched alkanes of at least 4 members (excludes halogenated alkanes) is 1. The lowest BCUT2D eigenvalue weighted by Gasteiger charge is -2.11. The summed E-state index contributed by atoms with van der Waals surface area (Å²) in [7, 11) is 0. The lowest BCUT2D eigenvalue weighted by atomic mass is 10.2. The molecule has 0 aliphatic rings. The van der Waals surface area contributed by atoms with Crippen molar-refractivity contribution in [3.63, 3.8) is 0 Å². The smallest absolute Gasteiger partial charge is 0.268 e. The van der Waals surface area contributed by atoms with Gasteiger partial charge in [-0.15, -0.1) is 0 Å². The Hall–Kier alpha value is -3.80. The Morgan fingerprint density at radius 2 is 1.77 bits per heavy atom. The molecule has 2 N–H and O–H groups in total. The molecular weight excluding hydrogens is 392 g/mol. The zero-order valence-corrected chi connectivity index (χ0v) is 17.5. The minimum absolute atomic E-state index is 0.0964. The van der Waals surface area contributed by atoms with Gasteiger partial charge in [-0.1, -0.05) is 43.7 Å². The summed E-state index contributed by atoms with van der Waals surface area (Å²) in [6, 6.07) is 19.8. The molecule has 3 aromatic rings. The maximum absolute atomic E-state index is 12.8. The van der Waals surface area contributed by atoms with Crippen LogP contribution in [0, 0.1) is 0 Å². The Morgan fingerprint density at radius 3 is 2.45 bits per heavy atom. The molecule has 160 valence electrons. The number of carbonyl (C=O) groups is 2. The Morgan fingerprint density at radius 1 is 1.00 bits per heavy atom. The topological polar surface area (TPSA) is 80.6 Å². The lowest BCUT2D eigenvalue weighted by molar-refractivity contribution is -0.117. The van der Waals surface area contributed by atoms with E-state index in [-0.39, 0.29) is 5.70 Å². The van der Waals surface area contributed by atoms with E-state index < -0.39 is 11.8 Å². The van der Waals surface area contributed by atoms with Crippen molar-refractivity contribution < 1.29 is 18.7 Å². The molecule has 0 aliphatic heterocycles. The van der Waals surface area contributed by atoms with Gasteiger partial charge in [-0.25, -0.2) is 0 Å². The van der Waals surface area contributed by atoms with Gasteiger partial charge >= 0.3 is 0 Å². The average Bonchev–Trinajstić information content (AvgIpc) is 3.31. The summed E-state index contributed by atoms with van der Waals surface area (Å²) in [5.41, 5.74) is 1.47. The number of ether oxygens (including phenoxy) is 1. The highest BCUT2D eigenvalue weighted by Gasteiger charge is 2.15. The highest BCUT2D eigenvalue weighted by molar-refractivity contribution is 6.05. The summed E-state index contributed by atoms with van der Waals surface area (Å²) in [6.45, 7) is 3.08. The maximum atomic E-state index is 12.8. The van der Waals surface area contributed by atoms with Crippen molar-refractivity contribution in [3.05, 3.63) is 95.6 Å². The van der Waals surface area contributed by atoms with Crippen LogP contribution in [0.4, 0.5) is 0 Å². The second-order valence-corrected chi connectivity index (χ2v) is 6.92. The van der Waals surface area contributed by atoms with Gasteiger partial charge in [0.2, 0.25) is 0 Å². The summed E-state index contributed by atoms with van der Waals surface area (Å²) in [5.74, 6) is 0.364. The third-order valence-corrected chi connectivity index (χ3v) is 4.50. The van der Waals surface area contributed by atoms with Crippen molar-refractivity contribution in [2.24, 2.45) is 0 Å². The van der Waals surface area contributed by atoms with Crippen LogP contribution in [0.1, 0.15) is 41.4 Å². The van der Waals surface area contributed by atoms with Crippen LogP contribution < -0.4 is 15.4 Å². The number of benzene rings is 2. The molecule has 0 unspecified atom stereocenters. The van der Waals surface area contributed by atoms with Gasteiger partial charge in [0, 0.05) is 18.2 Å². The van der Waals surface area contributed by atoms with Crippen LogP contribution in [0.5, 0.6) is 5.75 Å². The normalized spacial score (nSPS) is 11.1. The van der Waals surface area contributed by atoms with E-state index >= 15 is 0 Å². The highest BCUT2D eigenvalue weighted by atomic mass is 16.5. The van der Waals surface area contributed by atoms with Crippen molar-refractivity contribution in [3.8, 4) is 5.75 Å². The number of amides is 2. The number of carbonyl (C=O) groups excluding carboxylic acids is 2. The molecule has 0 bridgehead atoms. The van der Waals surface area contributed by atoms with Crippen molar-refractivity contribution >= 4 is 17.9 Å². The van der Waals surface area contributed by atoms with Crippen molar-refractivity contribution in [1.82, 2.24) is 10.6 Å². The van der Waals surface area contributed by atoms with E-state index in [1.54, 1.807) is 36.4 Å². The van der Waals surface area contributed by atoms with Crippen LogP contribution in [0.3, 0.4) is 0 Å². The molecule has 3 rings (SSSR count). The van der Waals surface area contributed by atoms with Gasteiger partial charge in [-0.3, -0.25) is 9.59 Å². The zero-order valence-electron chi connectivity index (χ0n) is 17.5. The number of hydrogen-bond acceptors (Lipinski definition) is 4. The molecule has 2 aromatic carbocycles. The van der Waals surface area contributed by atoms with Crippen LogP contribution in [0.2, 0.25) is 0 Å². The highest BCUT2D eigenvalue weighted by Crippen LogP contribution is 2.14. The monoisotopic (exact) mass is 418 g/mol. The largest absolute Gasteiger partial charge is 0.494 e. The number of furan rings is 1. The first-order valence-electron chi connectivity index (χ1n) is 10.3. The van der Waals surface area contributed by atoms with Crippen molar-refractivity contribution in [2.75, 3.05) is 6.61 Å². The molecule has 0 aliphatic carbocycles. The fourth-order valence-corrected chi connectivity index (χ4v) is 2.78. The van der Waals surface area contributed by atoms with Gasteiger partial charge in [0.1, 0.15) is 17.2 Å². The standard InChI is InChI=1S/C25H26N2O4/c1-2-3-15-30-21-13-11-20(12-14-21)24(28)27-23(17-22-10-7-16-31-22)25(29)26-18-19-8-5-4-6-9-19/h4-14,16-17H,2-3,15,18H2,1H3,(H,26,29)(H,27,28). The fourth-order valence-electron chi connectivity index (χ4n) is 2.78. The van der Waals surface area contributed by atoms with Crippen LogP contribution in [-0.4, -0.2) is 18.4 Å². The van der Waals surface area contributed by atoms with E-state index in [2.05, 4.69) is 17.6 Å². The van der Waals surface area contributed by atoms with Gasteiger partial charge in [0.15, 0.2) is 0 Å². The van der Waals surface area contributed by atoms with Gasteiger partial charge in [0.25, 0.3) is 11.8 Å². The maximum Gasteiger partial charge on any atom is 0.268 e. The van der Waals surface area contributed by atoms with Gasteiger partial charge < -0.3 is 19.8 Å². The van der Waals surface area contributed by atoms with Gasteiger partial charge in [0.05, 0.1) is 12.9 Å². The third-order valence-electron chi connectivity index (χ3n) is 4.50. The fraction of sp³-hybridized carbons (Fsp3) is 0.200. The van der Waals surface area contributed by atoms with E-state index in [0.717, 1.165) is 18.4 Å². The quantitative estimate of drug-likeness (QED) is 0.374. The lowest BCUT2D eigenvalue weighted by Crippen LogP contribution is -2.34. The molecule has 0 saturated heterocycles. The summed E-state index contributed by atoms with van der Waals surface area (Å²) in [6.07, 6.45) is 5.03. The summed E-state index contributed by atoms with van der Waals surface area (Å²) in [4.78, 5) is 25.5. The molecule has 31 heavy (non-hydrogen) atoms. The number of hydrogen-bond donors (Lipinski definition) is 2. The van der Waals surface area contributed by atoms with E-state index in [1.165, 1.54) is 12.3 Å². The van der Waals surface area contributed by atoms with E-state index in [9.17, 15) is 9.59 Å². The molecule has 6 nitrogen and oxygen atoms in total. The molecule has 0 fully saturated rings. The Kier molecular flexibility index (Phi) is 8.05. The minimum atomic E-state index is -0.409. The third kappa shape index (κ3) is 6.89. The first-order valence-corrected chi connectivity index (χ1v) is 10.3. The molecule has 6 heteroatoms. The van der Waals surface area contributed by atoms with E-state index in [4.69, 9.17) is 9.15 Å². The molecule has 1 heterocycles. The summed E-state index contributed by atoms with van der Waals surface area (Å²) in [5, 5.41) is 5.51. The molecule has 0 radical (unpaired) electrons. The average molecular weight is 418 g/mol. The molecule has 0 saturated carbocycles. The Bertz CT molecular complexity index is 994. The molecule has 0 atom stereocenters. The van der Waals surface area contributed by atoms with Crippen LogP contribution in [0.25, 0.3) is 6.08 Å². The summed E-state index contributed by atoms with van der Waals surface area (Å²) < 4.78 is 10.9. The van der Waals surface area contributed by atoms with E-state index in [0.29, 0.717) is 30.2 Å². The van der Waals surface area contributed by atoms with Crippen LogP contribution in [0.15, 0.2) is 83.1 Å². The van der Waals surface area contributed by atoms with E-state index in [1.807, 2.05) is 30.3 Å².